The molecule has 100 valence electrons. The molecule has 0 radical (unpaired) electrons. The fourth-order valence-electron chi connectivity index (χ4n) is 1.43. The van der Waals surface area contributed by atoms with E-state index in [1.807, 2.05) is 0 Å². The minimum atomic E-state index is -2.03. The monoisotopic (exact) mass is 264 g/mol. The molecule has 0 spiro atoms. The van der Waals surface area contributed by atoms with Gasteiger partial charge in [-0.25, -0.2) is 14.8 Å². The molecular weight excluding hydrogens is 252 g/mol. The first kappa shape index (κ1) is 13.0. The molecule has 8 heteroatoms. The number of carbonyl (C=O) groups excluding carboxylic acids is 1. The molecule has 0 aliphatic heterocycles. The molecule has 2 rings (SSSR count). The quantitative estimate of drug-likeness (QED) is 0.672. The fraction of sp³-hybridized carbons (Fsp3) is 0.273. The Balaban J connectivity index is 2.17. The summed E-state index contributed by atoms with van der Waals surface area (Å²) in [7, 11) is 0. The molecule has 3 N–H and O–H groups in total. The van der Waals surface area contributed by atoms with E-state index >= 15 is 0 Å². The summed E-state index contributed by atoms with van der Waals surface area (Å²) >= 11 is 0. The van der Waals surface area contributed by atoms with Crippen LogP contribution in [0.2, 0.25) is 0 Å². The lowest BCUT2D eigenvalue weighted by molar-refractivity contribution is -0.155. The molecule has 0 saturated heterocycles. The van der Waals surface area contributed by atoms with E-state index in [9.17, 15) is 14.7 Å². The standard InChI is InChI=1S/C11H12N4O4/c1-11(19,10(17)18)6-14-9(16)7-8-13-3-5-15(8)4-2-12-7/h2-5,19H,6H2,1H3,(H,14,16)(H,17,18). The summed E-state index contributed by atoms with van der Waals surface area (Å²) in [5.74, 6) is -2.02. The number of fused-ring (bicyclic) bond motifs is 1. The van der Waals surface area contributed by atoms with Crippen molar-refractivity contribution in [1.29, 1.82) is 0 Å². The van der Waals surface area contributed by atoms with Crippen molar-refractivity contribution in [3.05, 3.63) is 30.5 Å². The Morgan fingerprint density at radius 1 is 1.37 bits per heavy atom. The number of hydrogen-bond acceptors (Lipinski definition) is 5. The summed E-state index contributed by atoms with van der Waals surface area (Å²) in [6.07, 6.45) is 6.23. The van der Waals surface area contributed by atoms with Crippen molar-refractivity contribution in [1.82, 2.24) is 19.7 Å². The predicted octanol–water partition coefficient (Wildman–Crippen LogP) is -0.705. The van der Waals surface area contributed by atoms with Gasteiger partial charge < -0.3 is 19.9 Å². The molecule has 0 bridgehead atoms. The highest BCUT2D eigenvalue weighted by Crippen LogP contribution is 2.06. The van der Waals surface area contributed by atoms with Gasteiger partial charge in [0.1, 0.15) is 0 Å². The zero-order chi connectivity index (χ0) is 14.0. The Morgan fingerprint density at radius 3 is 2.63 bits per heavy atom. The average Bonchev–Trinajstić information content (AvgIpc) is 2.83. The molecule has 0 aliphatic rings. The maximum absolute atomic E-state index is 11.9. The van der Waals surface area contributed by atoms with Crippen LogP contribution in [0.15, 0.2) is 24.8 Å². The second-order valence-corrected chi connectivity index (χ2v) is 4.20. The first-order valence-electron chi connectivity index (χ1n) is 5.43. The highest BCUT2D eigenvalue weighted by atomic mass is 16.4. The number of carboxylic acids is 1. The van der Waals surface area contributed by atoms with E-state index in [1.54, 1.807) is 16.8 Å². The van der Waals surface area contributed by atoms with Crippen LogP contribution in [0.4, 0.5) is 0 Å². The van der Waals surface area contributed by atoms with E-state index in [-0.39, 0.29) is 5.69 Å². The maximum atomic E-state index is 11.9. The number of carboxylic acid groups (broad SMARTS) is 1. The van der Waals surface area contributed by atoms with Gasteiger partial charge in [-0.1, -0.05) is 0 Å². The number of amides is 1. The second-order valence-electron chi connectivity index (χ2n) is 4.20. The first-order chi connectivity index (χ1) is 8.92. The zero-order valence-corrected chi connectivity index (χ0v) is 10.1. The summed E-state index contributed by atoms with van der Waals surface area (Å²) < 4.78 is 1.61. The Bertz CT molecular complexity index is 634. The minimum Gasteiger partial charge on any atom is -0.479 e. The lowest BCUT2D eigenvalue weighted by Crippen LogP contribution is -2.46. The number of rotatable bonds is 4. The summed E-state index contributed by atoms with van der Waals surface area (Å²) in [5, 5.41) is 20.6. The summed E-state index contributed by atoms with van der Waals surface area (Å²) in [6.45, 7) is 0.670. The van der Waals surface area contributed by atoms with E-state index in [2.05, 4.69) is 15.3 Å². The Morgan fingerprint density at radius 2 is 2.00 bits per heavy atom. The van der Waals surface area contributed by atoms with Crippen LogP contribution < -0.4 is 5.32 Å². The number of aromatic nitrogens is 3. The molecular formula is C11H12N4O4. The second kappa shape index (κ2) is 4.65. The third-order valence-electron chi connectivity index (χ3n) is 2.58. The van der Waals surface area contributed by atoms with E-state index in [1.165, 1.54) is 12.4 Å². The van der Waals surface area contributed by atoms with Gasteiger partial charge in [0.25, 0.3) is 5.91 Å². The van der Waals surface area contributed by atoms with Crippen molar-refractivity contribution in [2.75, 3.05) is 6.54 Å². The SMILES string of the molecule is CC(O)(CNC(=O)c1nccn2ccnc12)C(=O)O. The van der Waals surface area contributed by atoms with Crippen LogP contribution in [0.25, 0.3) is 5.65 Å². The molecule has 0 fully saturated rings. The lowest BCUT2D eigenvalue weighted by atomic mass is 10.1. The van der Waals surface area contributed by atoms with Gasteiger partial charge in [0.2, 0.25) is 0 Å². The molecule has 2 heterocycles. The maximum Gasteiger partial charge on any atom is 0.337 e. The third kappa shape index (κ3) is 2.52. The summed E-state index contributed by atoms with van der Waals surface area (Å²) in [4.78, 5) is 30.5. The van der Waals surface area contributed by atoms with E-state index in [0.717, 1.165) is 6.92 Å². The number of hydrogen-bond donors (Lipinski definition) is 3. The average molecular weight is 264 g/mol. The van der Waals surface area contributed by atoms with E-state index in [4.69, 9.17) is 5.11 Å². The highest BCUT2D eigenvalue weighted by Gasteiger charge is 2.30. The lowest BCUT2D eigenvalue weighted by Gasteiger charge is -2.18. The molecule has 0 aliphatic carbocycles. The van der Waals surface area contributed by atoms with Gasteiger partial charge in [-0.15, -0.1) is 0 Å². The number of nitrogens with one attached hydrogen (secondary N) is 1. The van der Waals surface area contributed by atoms with Crippen LogP contribution in [0.3, 0.4) is 0 Å². The van der Waals surface area contributed by atoms with Crippen LogP contribution in [-0.2, 0) is 4.79 Å². The fourth-order valence-corrected chi connectivity index (χ4v) is 1.43. The van der Waals surface area contributed by atoms with Gasteiger partial charge >= 0.3 is 5.97 Å². The number of aliphatic carboxylic acids is 1. The molecule has 0 saturated carbocycles. The molecule has 0 aromatic carbocycles. The van der Waals surface area contributed by atoms with E-state index in [0.29, 0.717) is 5.65 Å². The van der Waals surface area contributed by atoms with Crippen LogP contribution in [0.1, 0.15) is 17.4 Å². The van der Waals surface area contributed by atoms with Gasteiger partial charge in [-0.3, -0.25) is 4.79 Å². The minimum absolute atomic E-state index is 0.0636. The van der Waals surface area contributed by atoms with Gasteiger partial charge in [-0.05, 0) is 6.92 Å². The summed E-state index contributed by atoms with van der Waals surface area (Å²) in [5.41, 5.74) is -1.61. The molecule has 8 nitrogen and oxygen atoms in total. The van der Waals surface area contributed by atoms with Crippen LogP contribution in [-0.4, -0.2) is 48.6 Å². The van der Waals surface area contributed by atoms with Gasteiger partial charge in [0.05, 0.1) is 6.54 Å². The highest BCUT2D eigenvalue weighted by molar-refractivity contribution is 5.98. The van der Waals surface area contributed by atoms with Crippen molar-refractivity contribution in [2.24, 2.45) is 0 Å². The van der Waals surface area contributed by atoms with Crippen molar-refractivity contribution in [3.8, 4) is 0 Å². The van der Waals surface area contributed by atoms with Gasteiger partial charge in [0.15, 0.2) is 16.9 Å². The van der Waals surface area contributed by atoms with Gasteiger partial charge in [-0.2, -0.15) is 0 Å². The normalized spacial score (nSPS) is 14.0. The Kier molecular flexibility index (Phi) is 3.17. The topological polar surface area (TPSA) is 117 Å². The molecule has 2 aromatic heterocycles. The number of carbonyl (C=O) groups is 2. The Labute approximate surface area is 107 Å². The molecule has 19 heavy (non-hydrogen) atoms. The predicted molar refractivity (Wildman–Crippen MR) is 63.6 cm³/mol. The van der Waals surface area contributed by atoms with Crippen molar-refractivity contribution < 1.29 is 19.8 Å². The first-order valence-corrected chi connectivity index (χ1v) is 5.43. The van der Waals surface area contributed by atoms with E-state index < -0.39 is 24.0 Å². The van der Waals surface area contributed by atoms with Crippen molar-refractivity contribution >= 4 is 17.5 Å². The molecule has 2 aromatic rings. The number of imidazole rings is 1. The van der Waals surface area contributed by atoms with Gasteiger partial charge in [0, 0.05) is 24.8 Å². The van der Waals surface area contributed by atoms with Crippen LogP contribution in [0, 0.1) is 0 Å². The molecule has 1 amide bonds. The summed E-state index contributed by atoms with van der Waals surface area (Å²) in [6, 6.07) is 0. The molecule has 1 atom stereocenters. The van der Waals surface area contributed by atoms with Crippen LogP contribution in [0.5, 0.6) is 0 Å². The smallest absolute Gasteiger partial charge is 0.337 e. The number of aliphatic hydroxyl groups is 1. The molecule has 1 unspecified atom stereocenters. The third-order valence-corrected chi connectivity index (χ3v) is 2.58. The van der Waals surface area contributed by atoms with Crippen molar-refractivity contribution in [3.63, 3.8) is 0 Å². The Hall–Kier alpha value is -2.48. The largest absolute Gasteiger partial charge is 0.479 e. The van der Waals surface area contributed by atoms with Crippen LogP contribution >= 0.6 is 0 Å². The zero-order valence-electron chi connectivity index (χ0n) is 10.1. The number of nitrogens with zero attached hydrogens (tertiary/aromatic N) is 3. The van der Waals surface area contributed by atoms with Crippen molar-refractivity contribution in [2.45, 2.75) is 12.5 Å².